The molecule has 1 atom stereocenters. The van der Waals surface area contributed by atoms with Crippen LogP contribution >= 0.6 is 11.5 Å². The minimum atomic E-state index is -0.131. The Balaban J connectivity index is 1.76. The van der Waals surface area contributed by atoms with E-state index in [-0.39, 0.29) is 5.91 Å². The van der Waals surface area contributed by atoms with Crippen LogP contribution in [0.1, 0.15) is 58.3 Å². The molecule has 0 saturated carbocycles. The lowest BCUT2D eigenvalue weighted by molar-refractivity contribution is 0.0953. The average molecular weight is 346 g/mol. The molecule has 7 nitrogen and oxygen atoms in total. The fourth-order valence-electron chi connectivity index (χ4n) is 3.06. The molecule has 0 aromatic carbocycles. The largest absolute Gasteiger partial charge is 0.347 e. The van der Waals surface area contributed by atoms with Gasteiger partial charge >= 0.3 is 0 Å². The molecule has 3 heterocycles. The minimum absolute atomic E-state index is 0.131. The highest BCUT2D eigenvalue weighted by Gasteiger charge is 2.26. The first-order valence-corrected chi connectivity index (χ1v) is 8.99. The van der Waals surface area contributed by atoms with Gasteiger partial charge in [0.1, 0.15) is 10.7 Å². The number of amides is 1. The summed E-state index contributed by atoms with van der Waals surface area (Å²) in [6.45, 7) is 5.36. The smallest absolute Gasteiger partial charge is 0.265 e. The Bertz CT molecular complexity index is 731. The number of rotatable bonds is 5. The Morgan fingerprint density at radius 2 is 2.33 bits per heavy atom. The molecule has 1 saturated heterocycles. The number of nitrogens with one attached hydrogen (secondary N) is 1. The zero-order valence-electron chi connectivity index (χ0n) is 14.2. The normalized spacial score (nSPS) is 18.0. The highest BCUT2D eigenvalue weighted by molar-refractivity contribution is 7.08. The number of carbonyl (C=O) groups excluding carboxylic acids is 1. The SMILES string of the molecule is CCc1nnsc1C(=O)NCc1cnc(C)nc1[C@H]1CCCN1C. The van der Waals surface area contributed by atoms with Gasteiger partial charge in [0.15, 0.2) is 0 Å². The summed E-state index contributed by atoms with van der Waals surface area (Å²) in [5.74, 6) is 0.633. The van der Waals surface area contributed by atoms with E-state index in [1.54, 1.807) is 0 Å². The van der Waals surface area contributed by atoms with E-state index < -0.39 is 0 Å². The van der Waals surface area contributed by atoms with Gasteiger partial charge in [-0.1, -0.05) is 11.4 Å². The second-order valence-corrected chi connectivity index (χ2v) is 6.81. The zero-order valence-corrected chi connectivity index (χ0v) is 15.1. The predicted octanol–water partition coefficient (Wildman–Crippen LogP) is 1.90. The summed E-state index contributed by atoms with van der Waals surface area (Å²) in [5, 5.41) is 6.96. The lowest BCUT2D eigenvalue weighted by Crippen LogP contribution is -2.26. The maximum absolute atomic E-state index is 12.4. The monoisotopic (exact) mass is 346 g/mol. The van der Waals surface area contributed by atoms with Crippen molar-refractivity contribution < 1.29 is 4.79 Å². The summed E-state index contributed by atoms with van der Waals surface area (Å²) in [4.78, 5) is 24.3. The third kappa shape index (κ3) is 3.44. The first kappa shape index (κ1) is 16.9. The molecule has 1 aliphatic rings. The van der Waals surface area contributed by atoms with E-state index >= 15 is 0 Å². The van der Waals surface area contributed by atoms with Gasteiger partial charge in [-0.15, -0.1) is 5.10 Å². The molecule has 0 bridgehead atoms. The molecule has 8 heteroatoms. The molecular weight excluding hydrogens is 324 g/mol. The van der Waals surface area contributed by atoms with Gasteiger partial charge in [-0.3, -0.25) is 9.69 Å². The average Bonchev–Trinajstić information content (AvgIpc) is 3.21. The molecule has 24 heavy (non-hydrogen) atoms. The molecule has 0 aliphatic carbocycles. The van der Waals surface area contributed by atoms with Crippen LogP contribution in [0, 0.1) is 6.92 Å². The summed E-state index contributed by atoms with van der Waals surface area (Å²) in [7, 11) is 2.12. The third-order valence-electron chi connectivity index (χ3n) is 4.39. The highest BCUT2D eigenvalue weighted by Crippen LogP contribution is 2.31. The number of aryl methyl sites for hydroxylation is 2. The van der Waals surface area contributed by atoms with Crippen molar-refractivity contribution in [3.05, 3.63) is 33.8 Å². The van der Waals surface area contributed by atoms with Gasteiger partial charge in [-0.25, -0.2) is 9.97 Å². The van der Waals surface area contributed by atoms with Crippen molar-refractivity contribution in [2.24, 2.45) is 0 Å². The van der Waals surface area contributed by atoms with Crippen molar-refractivity contribution in [2.75, 3.05) is 13.6 Å². The first-order chi connectivity index (χ1) is 11.6. The number of hydrogen-bond acceptors (Lipinski definition) is 7. The van der Waals surface area contributed by atoms with Crippen LogP contribution in [0.5, 0.6) is 0 Å². The second-order valence-electron chi connectivity index (χ2n) is 6.05. The lowest BCUT2D eigenvalue weighted by atomic mass is 10.1. The molecule has 2 aromatic heterocycles. The number of aromatic nitrogens is 4. The molecule has 0 spiro atoms. The fraction of sp³-hybridized carbons (Fsp3) is 0.562. The molecule has 2 aromatic rings. The third-order valence-corrected chi connectivity index (χ3v) is 5.16. The summed E-state index contributed by atoms with van der Waals surface area (Å²) in [6, 6.07) is 0.301. The van der Waals surface area contributed by atoms with Crippen LogP contribution in [0.15, 0.2) is 6.20 Å². The standard InChI is InChI=1S/C16H22N6OS/c1-4-12-15(24-21-20-12)16(23)18-9-11-8-17-10(2)19-14(11)13-6-5-7-22(13)3/h8,13H,4-7,9H2,1-3H3,(H,18,23)/t13-/m1/s1. The Morgan fingerprint density at radius 1 is 1.50 bits per heavy atom. The van der Waals surface area contributed by atoms with Gasteiger partial charge in [0, 0.05) is 18.3 Å². The lowest BCUT2D eigenvalue weighted by Gasteiger charge is -2.21. The van der Waals surface area contributed by atoms with E-state index in [1.807, 2.05) is 20.0 Å². The van der Waals surface area contributed by atoms with E-state index in [1.165, 1.54) is 6.42 Å². The van der Waals surface area contributed by atoms with Crippen molar-refractivity contribution in [1.82, 2.24) is 29.8 Å². The Morgan fingerprint density at radius 3 is 3.04 bits per heavy atom. The van der Waals surface area contributed by atoms with Gasteiger partial charge in [0.2, 0.25) is 0 Å². The Labute approximate surface area is 145 Å². The van der Waals surface area contributed by atoms with Gasteiger partial charge in [0.25, 0.3) is 5.91 Å². The van der Waals surface area contributed by atoms with E-state index in [0.29, 0.717) is 23.9 Å². The van der Waals surface area contributed by atoms with E-state index in [9.17, 15) is 4.79 Å². The number of nitrogens with zero attached hydrogens (tertiary/aromatic N) is 5. The van der Waals surface area contributed by atoms with E-state index in [2.05, 4.69) is 36.8 Å². The first-order valence-electron chi connectivity index (χ1n) is 8.22. The van der Waals surface area contributed by atoms with Crippen LogP contribution < -0.4 is 5.32 Å². The van der Waals surface area contributed by atoms with E-state index in [0.717, 1.165) is 47.3 Å². The number of hydrogen-bond donors (Lipinski definition) is 1. The maximum Gasteiger partial charge on any atom is 0.265 e. The van der Waals surface area contributed by atoms with Gasteiger partial charge in [0.05, 0.1) is 17.4 Å². The maximum atomic E-state index is 12.4. The summed E-state index contributed by atoms with van der Waals surface area (Å²) < 4.78 is 3.87. The summed E-state index contributed by atoms with van der Waals surface area (Å²) >= 11 is 1.14. The zero-order chi connectivity index (χ0) is 17.1. The van der Waals surface area contributed by atoms with Crippen molar-refractivity contribution in [1.29, 1.82) is 0 Å². The topological polar surface area (TPSA) is 83.9 Å². The van der Waals surface area contributed by atoms with Crippen LogP contribution in [0.3, 0.4) is 0 Å². The van der Waals surface area contributed by atoms with Crippen molar-refractivity contribution in [3.8, 4) is 0 Å². The molecule has 1 aliphatic heterocycles. The molecule has 128 valence electrons. The molecule has 1 N–H and O–H groups in total. The molecule has 1 amide bonds. The number of likely N-dealkylation sites (tertiary alicyclic amines) is 1. The molecule has 0 unspecified atom stereocenters. The highest BCUT2D eigenvalue weighted by atomic mass is 32.1. The fourth-order valence-corrected chi connectivity index (χ4v) is 3.73. The minimum Gasteiger partial charge on any atom is -0.347 e. The van der Waals surface area contributed by atoms with Gasteiger partial charge in [-0.05, 0) is 51.3 Å². The summed E-state index contributed by atoms with van der Waals surface area (Å²) in [6.07, 6.45) is 4.79. The van der Waals surface area contributed by atoms with Crippen LogP contribution in [0.2, 0.25) is 0 Å². The molecule has 0 radical (unpaired) electrons. The van der Waals surface area contributed by atoms with Crippen molar-refractivity contribution in [3.63, 3.8) is 0 Å². The molecular formula is C16H22N6OS. The van der Waals surface area contributed by atoms with Crippen LogP contribution in [-0.2, 0) is 13.0 Å². The Kier molecular flexibility index (Phi) is 5.15. The molecule has 3 rings (SSSR count). The Hall–Kier alpha value is -1.93. The quantitative estimate of drug-likeness (QED) is 0.890. The van der Waals surface area contributed by atoms with Crippen molar-refractivity contribution >= 4 is 17.4 Å². The van der Waals surface area contributed by atoms with Gasteiger partial charge in [-0.2, -0.15) is 0 Å². The van der Waals surface area contributed by atoms with Crippen LogP contribution in [0.4, 0.5) is 0 Å². The second kappa shape index (κ2) is 7.31. The van der Waals surface area contributed by atoms with Crippen LogP contribution in [0.25, 0.3) is 0 Å². The van der Waals surface area contributed by atoms with E-state index in [4.69, 9.17) is 0 Å². The van der Waals surface area contributed by atoms with Crippen LogP contribution in [-0.4, -0.2) is 44.0 Å². The van der Waals surface area contributed by atoms with Crippen molar-refractivity contribution in [2.45, 2.75) is 45.7 Å². The predicted molar refractivity (Wildman–Crippen MR) is 91.8 cm³/mol. The van der Waals surface area contributed by atoms with Gasteiger partial charge < -0.3 is 5.32 Å². The molecule has 1 fully saturated rings. The summed E-state index contributed by atoms with van der Waals surface area (Å²) in [5.41, 5.74) is 2.75. The number of carbonyl (C=O) groups is 1.